The van der Waals surface area contributed by atoms with Crippen molar-refractivity contribution in [2.24, 2.45) is 0 Å². The number of hydrogen-bond donors (Lipinski definition) is 1. The lowest BCUT2D eigenvalue weighted by molar-refractivity contribution is -0.132. The van der Waals surface area contributed by atoms with Gasteiger partial charge >= 0.3 is 5.97 Å². The minimum Gasteiger partial charge on any atom is -0.478 e. The van der Waals surface area contributed by atoms with Crippen molar-refractivity contribution in [3.63, 3.8) is 0 Å². The quantitative estimate of drug-likeness (QED) is 0.620. The van der Waals surface area contributed by atoms with Crippen LogP contribution >= 0.6 is 0 Å². The Morgan fingerprint density at radius 1 is 1.35 bits per heavy atom. The molecule has 17 heavy (non-hydrogen) atoms. The molecule has 0 aliphatic carbocycles. The monoisotopic (exact) mass is 272 g/mol. The summed E-state index contributed by atoms with van der Waals surface area (Å²) in [7, 11) is -3.49. The standard InChI is InChI=1S/C12H24O3Si2/c1-10(11(13)14)9-17(6)8-7-12(2,3)15-16(17,4)5/h9H,7-8H2,1-6H3,(H,13,14). The molecule has 1 saturated heterocycles. The Balaban J connectivity index is 3.05. The number of hydrogen-bond acceptors (Lipinski definition) is 2. The van der Waals surface area contributed by atoms with Crippen LogP contribution in [0.1, 0.15) is 27.2 Å². The predicted octanol–water partition coefficient (Wildman–Crippen LogP) is 3.12. The van der Waals surface area contributed by atoms with Crippen molar-refractivity contribution >= 4 is 21.4 Å². The third kappa shape index (κ3) is 3.08. The fourth-order valence-electron chi connectivity index (χ4n) is 2.51. The van der Waals surface area contributed by atoms with Crippen molar-refractivity contribution in [3.8, 4) is 0 Å². The van der Waals surface area contributed by atoms with Crippen LogP contribution in [0, 0.1) is 0 Å². The fraction of sp³-hybridized carbons (Fsp3) is 0.750. The Morgan fingerprint density at radius 3 is 2.29 bits per heavy atom. The summed E-state index contributed by atoms with van der Waals surface area (Å²) in [4.78, 5) is 11.0. The lowest BCUT2D eigenvalue weighted by Crippen LogP contribution is -2.65. The van der Waals surface area contributed by atoms with Crippen LogP contribution in [0.25, 0.3) is 0 Å². The van der Waals surface area contributed by atoms with Crippen molar-refractivity contribution in [1.82, 2.24) is 0 Å². The van der Waals surface area contributed by atoms with Crippen molar-refractivity contribution < 1.29 is 14.3 Å². The zero-order valence-corrected chi connectivity index (χ0v) is 13.8. The Bertz CT molecular complexity index is 361. The molecule has 0 bridgehead atoms. The summed E-state index contributed by atoms with van der Waals surface area (Å²) in [6.45, 7) is 12.7. The van der Waals surface area contributed by atoms with Gasteiger partial charge in [-0.15, -0.1) is 0 Å². The van der Waals surface area contributed by atoms with E-state index in [0.29, 0.717) is 5.57 Å². The van der Waals surface area contributed by atoms with E-state index in [9.17, 15) is 4.79 Å². The summed E-state index contributed by atoms with van der Waals surface area (Å²) in [5.74, 6) is -0.798. The van der Waals surface area contributed by atoms with E-state index in [2.05, 4.69) is 39.2 Å². The highest BCUT2D eigenvalue weighted by atomic mass is 29.3. The molecule has 0 radical (unpaired) electrons. The van der Waals surface area contributed by atoms with Gasteiger partial charge in [-0.05, 0) is 40.3 Å². The van der Waals surface area contributed by atoms with E-state index in [1.165, 1.54) is 0 Å². The molecule has 1 N–H and O–H groups in total. The third-order valence-corrected chi connectivity index (χ3v) is 19.9. The Hall–Kier alpha value is -0.396. The second kappa shape index (κ2) is 4.37. The maximum atomic E-state index is 11.0. The van der Waals surface area contributed by atoms with Crippen LogP contribution in [0.3, 0.4) is 0 Å². The molecule has 0 saturated carbocycles. The summed E-state index contributed by atoms with van der Waals surface area (Å²) < 4.78 is 6.32. The van der Waals surface area contributed by atoms with Gasteiger partial charge in [-0.3, -0.25) is 0 Å². The van der Waals surface area contributed by atoms with E-state index in [1.54, 1.807) is 6.92 Å². The molecule has 5 heteroatoms. The number of aliphatic carboxylic acids is 1. The van der Waals surface area contributed by atoms with Gasteiger partial charge < -0.3 is 9.53 Å². The van der Waals surface area contributed by atoms with Crippen LogP contribution in [0.5, 0.6) is 0 Å². The number of rotatable bonds is 2. The van der Waals surface area contributed by atoms with Crippen molar-refractivity contribution in [2.45, 2.75) is 58.5 Å². The zero-order chi connectivity index (χ0) is 13.5. The van der Waals surface area contributed by atoms with E-state index < -0.39 is 21.4 Å². The lowest BCUT2D eigenvalue weighted by Gasteiger charge is -2.50. The summed E-state index contributed by atoms with van der Waals surface area (Å²) in [5.41, 5.74) is 2.51. The maximum Gasteiger partial charge on any atom is 0.330 e. The molecule has 0 amide bonds. The van der Waals surface area contributed by atoms with Crippen molar-refractivity contribution in [2.75, 3.05) is 0 Å². The first-order valence-corrected chi connectivity index (χ1v) is 12.8. The largest absolute Gasteiger partial charge is 0.478 e. The van der Waals surface area contributed by atoms with Crippen LogP contribution in [0.15, 0.2) is 11.3 Å². The topological polar surface area (TPSA) is 46.5 Å². The van der Waals surface area contributed by atoms with Gasteiger partial charge in [-0.1, -0.05) is 18.3 Å². The first-order valence-electron chi connectivity index (χ1n) is 6.12. The second-order valence-corrected chi connectivity index (χ2v) is 20.3. The maximum absolute atomic E-state index is 11.0. The predicted molar refractivity (Wildman–Crippen MR) is 75.1 cm³/mol. The van der Waals surface area contributed by atoms with Crippen LogP contribution in [0.4, 0.5) is 0 Å². The molecule has 0 spiro atoms. The van der Waals surface area contributed by atoms with Crippen LogP contribution in [-0.2, 0) is 9.22 Å². The molecule has 1 rings (SSSR count). The molecule has 0 aromatic carbocycles. The van der Waals surface area contributed by atoms with Crippen molar-refractivity contribution in [1.29, 1.82) is 0 Å². The fourth-order valence-corrected chi connectivity index (χ4v) is 12.9. The van der Waals surface area contributed by atoms with E-state index in [4.69, 9.17) is 9.53 Å². The Labute approximate surface area is 106 Å². The first kappa shape index (κ1) is 14.7. The van der Waals surface area contributed by atoms with Crippen LogP contribution < -0.4 is 0 Å². The Morgan fingerprint density at radius 2 is 1.88 bits per heavy atom. The van der Waals surface area contributed by atoms with Gasteiger partial charge in [0, 0.05) is 5.57 Å². The average molecular weight is 272 g/mol. The molecule has 1 aliphatic rings. The van der Waals surface area contributed by atoms with Gasteiger partial charge in [0.1, 0.15) is 0 Å². The molecular weight excluding hydrogens is 248 g/mol. The van der Waals surface area contributed by atoms with Gasteiger partial charge in [-0.25, -0.2) is 4.79 Å². The van der Waals surface area contributed by atoms with Gasteiger partial charge in [0.25, 0.3) is 0 Å². The summed E-state index contributed by atoms with van der Waals surface area (Å²) in [6.07, 6.45) is 1.04. The first-order chi connectivity index (χ1) is 7.49. The molecule has 0 aromatic heterocycles. The normalized spacial score (nSPS) is 32.2. The van der Waals surface area contributed by atoms with Crippen LogP contribution in [-0.4, -0.2) is 32.1 Å². The molecule has 1 unspecified atom stereocenters. The third-order valence-electron chi connectivity index (χ3n) is 4.03. The van der Waals surface area contributed by atoms with Gasteiger partial charge in [0.05, 0.1) is 13.2 Å². The molecule has 1 atom stereocenters. The van der Waals surface area contributed by atoms with E-state index >= 15 is 0 Å². The zero-order valence-electron chi connectivity index (χ0n) is 11.8. The summed E-state index contributed by atoms with van der Waals surface area (Å²) in [6, 6.07) is 1.14. The molecule has 3 nitrogen and oxygen atoms in total. The highest BCUT2D eigenvalue weighted by Crippen LogP contribution is 2.39. The summed E-state index contributed by atoms with van der Waals surface area (Å²) in [5, 5.41) is 9.03. The highest BCUT2D eigenvalue weighted by Gasteiger charge is 2.52. The van der Waals surface area contributed by atoms with E-state index in [0.717, 1.165) is 12.5 Å². The molecule has 1 heterocycles. The minimum absolute atomic E-state index is 0.0345. The second-order valence-electron chi connectivity index (χ2n) is 6.42. The minimum atomic E-state index is -1.79. The van der Waals surface area contributed by atoms with Gasteiger partial charge in [0.15, 0.2) is 7.83 Å². The molecular formula is C12H24O3Si2. The molecule has 98 valence electrons. The number of carboxylic acid groups (broad SMARTS) is 1. The highest BCUT2D eigenvalue weighted by molar-refractivity contribution is 7.41. The van der Waals surface area contributed by atoms with E-state index in [1.807, 2.05) is 0 Å². The average Bonchev–Trinajstić information content (AvgIpc) is 2.11. The van der Waals surface area contributed by atoms with Gasteiger partial charge in [0.2, 0.25) is 0 Å². The smallest absolute Gasteiger partial charge is 0.330 e. The number of carboxylic acids is 1. The number of carbonyl (C=O) groups is 1. The lowest BCUT2D eigenvalue weighted by atomic mass is 10.1. The summed E-state index contributed by atoms with van der Waals surface area (Å²) >= 11 is 0. The van der Waals surface area contributed by atoms with E-state index in [-0.39, 0.29) is 5.60 Å². The molecule has 1 fully saturated rings. The Kier molecular flexibility index (Phi) is 3.77. The molecule has 1 aliphatic heterocycles. The van der Waals surface area contributed by atoms with Gasteiger partial charge in [-0.2, -0.15) is 0 Å². The van der Waals surface area contributed by atoms with Crippen LogP contribution in [0.2, 0.25) is 25.7 Å². The SMILES string of the molecule is CC(=C[Si]1(C)CCC(C)(C)O[Si]1(C)C)C(=O)O. The van der Waals surface area contributed by atoms with Crippen molar-refractivity contribution in [3.05, 3.63) is 11.3 Å². The molecule has 0 aromatic rings.